The van der Waals surface area contributed by atoms with E-state index >= 15 is 0 Å². The van der Waals surface area contributed by atoms with E-state index in [9.17, 15) is 0 Å². The van der Waals surface area contributed by atoms with Crippen molar-refractivity contribution < 1.29 is 0 Å². The van der Waals surface area contributed by atoms with E-state index in [1.54, 1.807) is 0 Å². The number of fused-ring (bicyclic) bond motifs is 13. The van der Waals surface area contributed by atoms with Gasteiger partial charge in [-0.15, -0.1) is 0 Å². The largest absolute Gasteiger partial charge is 0.307 e. The molecule has 0 N–H and O–H groups in total. The average molecular weight is 711 g/mol. The van der Waals surface area contributed by atoms with Gasteiger partial charge in [-0.1, -0.05) is 164 Å². The van der Waals surface area contributed by atoms with Gasteiger partial charge in [0.25, 0.3) is 0 Å². The molecule has 0 aliphatic rings. The fourth-order valence-corrected chi connectivity index (χ4v) is 9.38. The number of hydrogen-bond donors (Lipinski definition) is 0. The van der Waals surface area contributed by atoms with Gasteiger partial charge in [-0.25, -0.2) is 0 Å². The Labute approximate surface area is 323 Å². The lowest BCUT2D eigenvalue weighted by Gasteiger charge is -2.15. The van der Waals surface area contributed by atoms with Crippen LogP contribution in [0.4, 0.5) is 0 Å². The third-order valence-electron chi connectivity index (χ3n) is 11.9. The Morgan fingerprint density at radius 1 is 0.214 bits per heavy atom. The second-order valence-electron chi connectivity index (χ2n) is 14.9. The Balaban J connectivity index is 1.12. The van der Waals surface area contributed by atoms with E-state index in [1.165, 1.54) is 98.2 Å². The lowest BCUT2D eigenvalue weighted by molar-refractivity contribution is 1.15. The lowest BCUT2D eigenvalue weighted by atomic mass is 9.92. The highest BCUT2D eigenvalue weighted by Crippen LogP contribution is 2.43. The van der Waals surface area contributed by atoms with E-state index in [-0.39, 0.29) is 0 Å². The molecule has 0 saturated heterocycles. The van der Waals surface area contributed by atoms with Crippen LogP contribution < -0.4 is 0 Å². The summed E-state index contributed by atoms with van der Waals surface area (Å²) < 4.78 is 4.97. The molecule has 12 rings (SSSR count). The molecule has 2 nitrogen and oxygen atoms in total. The maximum absolute atomic E-state index is 2.49. The van der Waals surface area contributed by atoms with Gasteiger partial charge in [0.05, 0.1) is 22.1 Å². The molecule has 0 fully saturated rings. The van der Waals surface area contributed by atoms with Crippen LogP contribution in [0.3, 0.4) is 0 Å². The molecule has 0 aliphatic carbocycles. The molecule has 0 atom stereocenters. The second-order valence-corrected chi connectivity index (χ2v) is 14.9. The van der Waals surface area contributed by atoms with E-state index in [1.807, 2.05) is 0 Å². The first-order chi connectivity index (χ1) is 27.8. The number of benzene rings is 10. The van der Waals surface area contributed by atoms with Gasteiger partial charge in [0, 0.05) is 32.9 Å². The fourth-order valence-electron chi connectivity index (χ4n) is 9.38. The SMILES string of the molecule is c1ccc(-c2ccc(-n3c4ccccc4c4ccc5c6ccccc6n(-c6cccc(-c7ccc8c9ccccc9c9ccccc9c8c7)c6)c5c43)cc2)cc1. The van der Waals surface area contributed by atoms with Crippen LogP contribution in [0, 0.1) is 0 Å². The van der Waals surface area contributed by atoms with Gasteiger partial charge in [0.1, 0.15) is 0 Å². The van der Waals surface area contributed by atoms with Crippen molar-refractivity contribution in [2.24, 2.45) is 0 Å². The number of aromatic nitrogens is 2. The summed E-state index contributed by atoms with van der Waals surface area (Å²) >= 11 is 0. The van der Waals surface area contributed by atoms with Crippen molar-refractivity contribution >= 4 is 75.9 Å². The molecular formula is C54H34N2. The van der Waals surface area contributed by atoms with E-state index in [2.05, 4.69) is 215 Å². The maximum atomic E-state index is 2.49. The number of rotatable bonds is 4. The molecule has 12 aromatic rings. The van der Waals surface area contributed by atoms with Crippen LogP contribution in [-0.4, -0.2) is 9.13 Å². The molecule has 0 saturated carbocycles. The van der Waals surface area contributed by atoms with E-state index < -0.39 is 0 Å². The Kier molecular flexibility index (Phi) is 6.66. The molecule has 260 valence electrons. The topological polar surface area (TPSA) is 9.86 Å². The van der Waals surface area contributed by atoms with Crippen LogP contribution in [-0.2, 0) is 0 Å². The predicted molar refractivity (Wildman–Crippen MR) is 239 cm³/mol. The summed E-state index contributed by atoms with van der Waals surface area (Å²) in [5.74, 6) is 0. The van der Waals surface area contributed by atoms with E-state index in [4.69, 9.17) is 0 Å². The molecule has 0 unspecified atom stereocenters. The smallest absolute Gasteiger partial charge is 0.0788 e. The fraction of sp³-hybridized carbons (Fsp3) is 0. The van der Waals surface area contributed by atoms with Crippen molar-refractivity contribution in [3.63, 3.8) is 0 Å². The molecule has 56 heavy (non-hydrogen) atoms. The van der Waals surface area contributed by atoms with Crippen molar-refractivity contribution in [1.29, 1.82) is 0 Å². The third-order valence-corrected chi connectivity index (χ3v) is 11.9. The van der Waals surface area contributed by atoms with Crippen LogP contribution in [0.15, 0.2) is 206 Å². The highest BCUT2D eigenvalue weighted by molar-refractivity contribution is 6.26. The van der Waals surface area contributed by atoms with Gasteiger partial charge in [-0.05, 0) is 97.0 Å². The molecule has 0 aliphatic heterocycles. The number of hydrogen-bond acceptors (Lipinski definition) is 0. The zero-order valence-electron chi connectivity index (χ0n) is 30.5. The molecule has 0 bridgehead atoms. The van der Waals surface area contributed by atoms with Gasteiger partial charge >= 0.3 is 0 Å². The summed E-state index contributed by atoms with van der Waals surface area (Å²) in [7, 11) is 0. The van der Waals surface area contributed by atoms with Crippen LogP contribution >= 0.6 is 0 Å². The minimum Gasteiger partial charge on any atom is -0.307 e. The summed E-state index contributed by atoms with van der Waals surface area (Å²) in [6.07, 6.45) is 0. The first kappa shape index (κ1) is 31.0. The Morgan fingerprint density at radius 3 is 1.23 bits per heavy atom. The molecule has 0 spiro atoms. The van der Waals surface area contributed by atoms with Crippen LogP contribution in [0.1, 0.15) is 0 Å². The zero-order chi connectivity index (χ0) is 36.7. The van der Waals surface area contributed by atoms with Gasteiger partial charge < -0.3 is 9.13 Å². The summed E-state index contributed by atoms with van der Waals surface area (Å²) in [6, 6.07) is 75.7. The number of nitrogens with zero attached hydrogens (tertiary/aromatic N) is 2. The quantitative estimate of drug-likeness (QED) is 0.161. The van der Waals surface area contributed by atoms with E-state index in [0.717, 1.165) is 11.4 Å². The number of para-hydroxylation sites is 2. The van der Waals surface area contributed by atoms with Gasteiger partial charge in [0.15, 0.2) is 0 Å². The Bertz CT molecular complexity index is 3480. The lowest BCUT2D eigenvalue weighted by Crippen LogP contribution is -1.99. The minimum absolute atomic E-state index is 1.14. The van der Waals surface area contributed by atoms with Gasteiger partial charge in [0.2, 0.25) is 0 Å². The third kappa shape index (κ3) is 4.50. The molecule has 2 heterocycles. The normalized spacial score (nSPS) is 11.9. The molecule has 0 radical (unpaired) electrons. The van der Waals surface area contributed by atoms with Crippen molar-refractivity contribution in [2.45, 2.75) is 0 Å². The summed E-state index contributed by atoms with van der Waals surface area (Å²) in [6.45, 7) is 0. The van der Waals surface area contributed by atoms with Crippen LogP contribution in [0.2, 0.25) is 0 Å². The first-order valence-electron chi connectivity index (χ1n) is 19.4. The molecular weight excluding hydrogens is 677 g/mol. The minimum atomic E-state index is 1.14. The molecule has 2 aromatic heterocycles. The first-order valence-corrected chi connectivity index (χ1v) is 19.4. The molecule has 10 aromatic carbocycles. The summed E-state index contributed by atoms with van der Waals surface area (Å²) in [5.41, 5.74) is 11.9. The van der Waals surface area contributed by atoms with E-state index in [0.29, 0.717) is 0 Å². The summed E-state index contributed by atoms with van der Waals surface area (Å²) in [5, 5.41) is 12.7. The highest BCUT2D eigenvalue weighted by atomic mass is 15.0. The van der Waals surface area contributed by atoms with Gasteiger partial charge in [-0.3, -0.25) is 0 Å². The average Bonchev–Trinajstić information content (AvgIpc) is 3.80. The van der Waals surface area contributed by atoms with Crippen molar-refractivity contribution in [3.8, 4) is 33.6 Å². The highest BCUT2D eigenvalue weighted by Gasteiger charge is 2.21. The van der Waals surface area contributed by atoms with Crippen LogP contribution in [0.5, 0.6) is 0 Å². The predicted octanol–water partition coefficient (Wildman–Crippen LogP) is 14.7. The van der Waals surface area contributed by atoms with Crippen LogP contribution in [0.25, 0.3) is 110 Å². The zero-order valence-corrected chi connectivity index (χ0v) is 30.5. The summed E-state index contributed by atoms with van der Waals surface area (Å²) in [4.78, 5) is 0. The maximum Gasteiger partial charge on any atom is 0.0788 e. The molecule has 0 amide bonds. The monoisotopic (exact) mass is 710 g/mol. The molecule has 2 heteroatoms. The van der Waals surface area contributed by atoms with Gasteiger partial charge in [-0.2, -0.15) is 0 Å². The Hall–Kier alpha value is -7.42. The Morgan fingerprint density at radius 2 is 0.625 bits per heavy atom. The van der Waals surface area contributed by atoms with Crippen molar-refractivity contribution in [2.75, 3.05) is 0 Å². The van der Waals surface area contributed by atoms with Crippen molar-refractivity contribution in [3.05, 3.63) is 206 Å². The standard InChI is InChI=1S/C54H34N2/c1-2-13-35(14-3-1)36-25-28-39(29-26-36)55-51-23-10-8-21-46(51)48-31-32-49-47-22-9-11-24-52(47)56(54(49)53(48)55)40-16-12-15-37(33-40)38-27-30-45-43-19-5-4-17-41(43)42-18-6-7-20-44(42)50(45)34-38/h1-34H. The second kappa shape index (κ2) is 12.0. The van der Waals surface area contributed by atoms with Crippen molar-refractivity contribution in [1.82, 2.24) is 9.13 Å².